The number of hydrogen-bond acceptors (Lipinski definition) is 2. The van der Waals surface area contributed by atoms with E-state index in [2.05, 4.69) is 51.4 Å². The second-order valence-electron chi connectivity index (χ2n) is 5.85. The molecule has 0 unspecified atom stereocenters. The number of nitrogens with one attached hydrogen (secondary N) is 1. The van der Waals surface area contributed by atoms with Crippen LogP contribution in [0.1, 0.15) is 5.69 Å². The van der Waals surface area contributed by atoms with Gasteiger partial charge in [-0.2, -0.15) is 0 Å². The topological polar surface area (TPSA) is 35.8 Å². The molecule has 1 aromatic heterocycles. The summed E-state index contributed by atoms with van der Waals surface area (Å²) in [5, 5.41) is 4.17. The van der Waals surface area contributed by atoms with E-state index in [-0.39, 0.29) is 0 Å². The monoisotopic (exact) mass is 347 g/mol. The first kappa shape index (κ1) is 18.2. The number of guanidine groups is 1. The lowest BCUT2D eigenvalue weighted by molar-refractivity contribution is 0.462. The maximum absolute atomic E-state index is 6.05. The quantitative estimate of drug-likeness (QED) is 0.644. The highest BCUT2D eigenvalue weighted by Crippen LogP contribution is 2.14. The van der Waals surface area contributed by atoms with Crippen LogP contribution in [0.2, 0.25) is 5.02 Å². The number of likely N-dealkylation sites (N-methyl/N-ethyl adjacent to an activating group) is 1. The van der Waals surface area contributed by atoms with Crippen molar-refractivity contribution in [1.29, 1.82) is 0 Å². The van der Waals surface area contributed by atoms with Gasteiger partial charge < -0.3 is 19.7 Å². The highest BCUT2D eigenvalue weighted by atomic mass is 35.5. The van der Waals surface area contributed by atoms with Gasteiger partial charge in [0.05, 0.1) is 11.6 Å². The van der Waals surface area contributed by atoms with E-state index < -0.39 is 0 Å². The third kappa shape index (κ3) is 4.93. The van der Waals surface area contributed by atoms with Crippen molar-refractivity contribution in [3.63, 3.8) is 0 Å². The fourth-order valence-electron chi connectivity index (χ4n) is 2.57. The number of nitrogens with zero attached hydrogens (tertiary/aromatic N) is 4. The Kier molecular flexibility index (Phi) is 6.55. The molecule has 0 radical (unpaired) electrons. The molecule has 6 heteroatoms. The lowest BCUT2D eigenvalue weighted by atomic mass is 10.3. The summed E-state index contributed by atoms with van der Waals surface area (Å²) in [4.78, 5) is 8.67. The van der Waals surface area contributed by atoms with Crippen LogP contribution in [0.25, 0.3) is 0 Å². The van der Waals surface area contributed by atoms with Crippen molar-refractivity contribution in [2.45, 2.75) is 6.54 Å². The molecular weight excluding hydrogens is 322 g/mol. The number of aryl methyl sites for hydroxylation is 1. The molecular formula is C18H26ClN5. The number of anilines is 1. The number of para-hydroxylation sites is 1. The van der Waals surface area contributed by atoms with Gasteiger partial charge in [0.25, 0.3) is 0 Å². The Morgan fingerprint density at radius 3 is 2.54 bits per heavy atom. The van der Waals surface area contributed by atoms with E-state index in [9.17, 15) is 0 Å². The molecule has 1 aromatic carbocycles. The van der Waals surface area contributed by atoms with Crippen LogP contribution < -0.4 is 10.2 Å². The van der Waals surface area contributed by atoms with Crippen LogP contribution in [0.15, 0.2) is 47.6 Å². The third-order valence-corrected chi connectivity index (χ3v) is 4.18. The minimum Gasteiger partial charge on any atom is -0.373 e. The van der Waals surface area contributed by atoms with E-state index in [1.54, 1.807) is 7.05 Å². The minimum atomic E-state index is 0.747. The van der Waals surface area contributed by atoms with Crippen molar-refractivity contribution < 1.29 is 0 Å². The average Bonchev–Trinajstić information content (AvgIpc) is 2.89. The number of halogens is 1. The standard InChI is InChI=1S/C18H26ClN5/c1-20-18(24(4)14-17-12-15(19)13-23(17)3)21-10-11-22(2)16-8-6-5-7-9-16/h5-9,12-13H,10-11,14H2,1-4H3,(H,20,21). The molecule has 130 valence electrons. The molecule has 24 heavy (non-hydrogen) atoms. The molecule has 1 heterocycles. The van der Waals surface area contributed by atoms with Crippen molar-refractivity contribution in [1.82, 2.24) is 14.8 Å². The number of benzene rings is 1. The molecule has 5 nitrogen and oxygen atoms in total. The molecule has 0 aliphatic heterocycles. The van der Waals surface area contributed by atoms with E-state index in [1.807, 2.05) is 37.0 Å². The molecule has 0 saturated carbocycles. The van der Waals surface area contributed by atoms with Gasteiger partial charge in [-0.3, -0.25) is 4.99 Å². The molecule has 0 atom stereocenters. The summed E-state index contributed by atoms with van der Waals surface area (Å²) in [7, 11) is 7.92. The van der Waals surface area contributed by atoms with Crippen LogP contribution >= 0.6 is 11.6 Å². The van der Waals surface area contributed by atoms with E-state index in [4.69, 9.17) is 11.6 Å². The molecule has 0 bridgehead atoms. The maximum atomic E-state index is 6.05. The van der Waals surface area contributed by atoms with E-state index in [0.717, 1.165) is 36.3 Å². The van der Waals surface area contributed by atoms with Gasteiger partial charge in [-0.15, -0.1) is 0 Å². The predicted octanol–water partition coefficient (Wildman–Crippen LogP) is 2.82. The summed E-state index contributed by atoms with van der Waals surface area (Å²) >= 11 is 6.05. The molecule has 0 saturated heterocycles. The summed E-state index contributed by atoms with van der Waals surface area (Å²) in [5.41, 5.74) is 2.35. The van der Waals surface area contributed by atoms with Crippen molar-refractivity contribution in [2.75, 3.05) is 39.1 Å². The summed E-state index contributed by atoms with van der Waals surface area (Å²) < 4.78 is 2.04. The molecule has 2 aromatic rings. The van der Waals surface area contributed by atoms with Gasteiger partial charge in [-0.25, -0.2) is 0 Å². The van der Waals surface area contributed by atoms with E-state index in [1.165, 1.54) is 5.69 Å². The lowest BCUT2D eigenvalue weighted by Crippen LogP contribution is -2.41. The Hall–Kier alpha value is -2.14. The normalized spacial score (nSPS) is 11.5. The predicted molar refractivity (Wildman–Crippen MR) is 103 cm³/mol. The Morgan fingerprint density at radius 2 is 1.96 bits per heavy atom. The van der Waals surface area contributed by atoms with Gasteiger partial charge in [-0.05, 0) is 18.2 Å². The van der Waals surface area contributed by atoms with Gasteiger partial charge >= 0.3 is 0 Å². The van der Waals surface area contributed by atoms with E-state index in [0.29, 0.717) is 0 Å². The molecule has 0 amide bonds. The minimum absolute atomic E-state index is 0.747. The van der Waals surface area contributed by atoms with Crippen LogP contribution in [0, 0.1) is 0 Å². The fraction of sp³-hybridized carbons (Fsp3) is 0.389. The van der Waals surface area contributed by atoms with Crippen LogP contribution in [0.5, 0.6) is 0 Å². The zero-order valence-electron chi connectivity index (χ0n) is 14.8. The van der Waals surface area contributed by atoms with Crippen LogP contribution in [-0.2, 0) is 13.6 Å². The third-order valence-electron chi connectivity index (χ3n) is 3.97. The fourth-order valence-corrected chi connectivity index (χ4v) is 2.85. The van der Waals surface area contributed by atoms with Gasteiger partial charge in [0, 0.05) is 58.9 Å². The Bertz CT molecular complexity index is 665. The Balaban J connectivity index is 1.84. The maximum Gasteiger partial charge on any atom is 0.193 e. The van der Waals surface area contributed by atoms with Crippen molar-refractivity contribution in [3.05, 3.63) is 53.3 Å². The number of aromatic nitrogens is 1. The van der Waals surface area contributed by atoms with Crippen molar-refractivity contribution >= 4 is 23.2 Å². The summed E-state index contributed by atoms with van der Waals surface area (Å²) in [6.45, 7) is 2.46. The summed E-state index contributed by atoms with van der Waals surface area (Å²) in [5.74, 6) is 0.869. The zero-order chi connectivity index (χ0) is 17.5. The molecule has 0 fully saturated rings. The molecule has 1 N–H and O–H groups in total. The smallest absolute Gasteiger partial charge is 0.193 e. The SMILES string of the molecule is CN=C(NCCN(C)c1ccccc1)N(C)Cc1cc(Cl)cn1C. The first-order chi connectivity index (χ1) is 11.5. The van der Waals surface area contributed by atoms with Gasteiger partial charge in [0.15, 0.2) is 5.96 Å². The first-order valence-corrected chi connectivity index (χ1v) is 8.37. The zero-order valence-corrected chi connectivity index (χ0v) is 15.6. The van der Waals surface area contributed by atoms with Gasteiger partial charge in [0.2, 0.25) is 0 Å². The van der Waals surface area contributed by atoms with Gasteiger partial charge in [-0.1, -0.05) is 29.8 Å². The average molecular weight is 348 g/mol. The second-order valence-corrected chi connectivity index (χ2v) is 6.28. The van der Waals surface area contributed by atoms with Crippen molar-refractivity contribution in [3.8, 4) is 0 Å². The molecule has 2 rings (SSSR count). The van der Waals surface area contributed by atoms with Gasteiger partial charge in [0.1, 0.15) is 0 Å². The number of aliphatic imine (C=N–C) groups is 1. The van der Waals surface area contributed by atoms with Crippen molar-refractivity contribution in [2.24, 2.45) is 12.0 Å². The lowest BCUT2D eigenvalue weighted by Gasteiger charge is -2.24. The molecule has 0 spiro atoms. The highest BCUT2D eigenvalue weighted by Gasteiger charge is 2.10. The first-order valence-electron chi connectivity index (χ1n) is 8.00. The molecule has 0 aliphatic carbocycles. The van der Waals surface area contributed by atoms with Crippen LogP contribution in [0.4, 0.5) is 5.69 Å². The Morgan fingerprint density at radius 1 is 1.25 bits per heavy atom. The summed E-state index contributed by atoms with van der Waals surface area (Å²) in [6, 6.07) is 12.3. The van der Waals surface area contributed by atoms with Crippen LogP contribution in [0.3, 0.4) is 0 Å². The highest BCUT2D eigenvalue weighted by molar-refractivity contribution is 6.30. The van der Waals surface area contributed by atoms with E-state index >= 15 is 0 Å². The summed E-state index contributed by atoms with van der Waals surface area (Å²) in [6.07, 6.45) is 1.91. The number of hydrogen-bond donors (Lipinski definition) is 1. The Labute approximate surface area is 149 Å². The largest absolute Gasteiger partial charge is 0.373 e. The van der Waals surface area contributed by atoms with Crippen LogP contribution in [-0.4, -0.2) is 49.7 Å². The second kappa shape index (κ2) is 8.64. The molecule has 0 aliphatic rings. The number of rotatable bonds is 6.